The van der Waals surface area contributed by atoms with E-state index in [-0.39, 0.29) is 22.1 Å². The van der Waals surface area contributed by atoms with E-state index in [0.29, 0.717) is 18.5 Å². The Bertz CT molecular complexity index is 953. The van der Waals surface area contributed by atoms with Crippen LogP contribution in [0, 0.1) is 0 Å². The summed E-state index contributed by atoms with van der Waals surface area (Å²) in [6.45, 7) is 0. The van der Waals surface area contributed by atoms with Crippen molar-refractivity contribution in [2.45, 2.75) is 17.7 Å². The van der Waals surface area contributed by atoms with Crippen LogP contribution in [-0.2, 0) is 26.0 Å². The van der Waals surface area contributed by atoms with Crippen LogP contribution in [0.3, 0.4) is 0 Å². The summed E-state index contributed by atoms with van der Waals surface area (Å²) in [6, 6.07) is 10.6. The molecule has 0 saturated carbocycles. The van der Waals surface area contributed by atoms with Crippen LogP contribution < -0.4 is 10.0 Å². The molecule has 0 radical (unpaired) electrons. The summed E-state index contributed by atoms with van der Waals surface area (Å²) in [4.78, 5) is 23.0. The first-order valence-corrected chi connectivity index (χ1v) is 9.01. The number of hydrogen-bond donors (Lipinski definition) is 2. The molecular formula is C17H16N2O5S. The van der Waals surface area contributed by atoms with E-state index >= 15 is 0 Å². The summed E-state index contributed by atoms with van der Waals surface area (Å²) >= 11 is 0. The summed E-state index contributed by atoms with van der Waals surface area (Å²) in [5.41, 5.74) is 1.90. The Balaban J connectivity index is 1.88. The minimum atomic E-state index is -3.82. The van der Waals surface area contributed by atoms with E-state index in [2.05, 4.69) is 14.8 Å². The van der Waals surface area contributed by atoms with Crippen LogP contribution in [0.5, 0.6) is 0 Å². The fourth-order valence-corrected chi connectivity index (χ4v) is 3.67. The molecule has 0 aromatic heterocycles. The normalized spacial score (nSPS) is 13.6. The lowest BCUT2D eigenvalue weighted by atomic mass is 10.0. The second kappa shape index (κ2) is 6.56. The molecule has 1 amide bonds. The van der Waals surface area contributed by atoms with Crippen LogP contribution in [0.15, 0.2) is 47.4 Å². The van der Waals surface area contributed by atoms with Crippen molar-refractivity contribution < 1.29 is 22.7 Å². The lowest BCUT2D eigenvalue weighted by Gasteiger charge is -2.18. The number of esters is 1. The maximum absolute atomic E-state index is 12.6. The quantitative estimate of drug-likeness (QED) is 0.814. The molecule has 8 heteroatoms. The Kier molecular flexibility index (Phi) is 4.45. The van der Waals surface area contributed by atoms with Crippen molar-refractivity contribution in [2.24, 2.45) is 0 Å². The second-order valence-electron chi connectivity index (χ2n) is 5.55. The first-order valence-electron chi connectivity index (χ1n) is 7.53. The van der Waals surface area contributed by atoms with Gasteiger partial charge < -0.3 is 10.1 Å². The zero-order chi connectivity index (χ0) is 18.0. The molecule has 0 saturated heterocycles. The molecule has 1 aliphatic heterocycles. The fraction of sp³-hybridized carbons (Fsp3) is 0.176. The van der Waals surface area contributed by atoms with E-state index in [9.17, 15) is 18.0 Å². The molecule has 1 aliphatic rings. The fourth-order valence-electron chi connectivity index (χ4n) is 2.57. The summed E-state index contributed by atoms with van der Waals surface area (Å²) in [6.07, 6.45) is 0.813. The highest BCUT2D eigenvalue weighted by Crippen LogP contribution is 2.26. The van der Waals surface area contributed by atoms with Crippen LogP contribution in [0.2, 0.25) is 0 Å². The number of fused-ring (bicyclic) bond motifs is 1. The van der Waals surface area contributed by atoms with Gasteiger partial charge in [-0.2, -0.15) is 0 Å². The Labute approximate surface area is 145 Å². The first kappa shape index (κ1) is 17.0. The van der Waals surface area contributed by atoms with Crippen molar-refractivity contribution >= 4 is 33.3 Å². The predicted octanol–water partition coefficient (Wildman–Crippen LogP) is 2.16. The number of nitrogens with one attached hydrogen (secondary N) is 2. The Morgan fingerprint density at radius 2 is 1.96 bits per heavy atom. The molecule has 25 heavy (non-hydrogen) atoms. The van der Waals surface area contributed by atoms with Crippen molar-refractivity contribution in [3.63, 3.8) is 0 Å². The molecule has 0 aliphatic carbocycles. The van der Waals surface area contributed by atoms with Gasteiger partial charge in [0.1, 0.15) is 0 Å². The third kappa shape index (κ3) is 3.63. The number of carbonyl (C=O) groups is 2. The van der Waals surface area contributed by atoms with Crippen molar-refractivity contribution in [3.8, 4) is 0 Å². The summed E-state index contributed by atoms with van der Waals surface area (Å²) in [5.74, 6) is -0.633. The number of anilines is 2. The van der Waals surface area contributed by atoms with Gasteiger partial charge in [-0.15, -0.1) is 0 Å². The highest BCUT2D eigenvalue weighted by Gasteiger charge is 2.20. The average molecular weight is 360 g/mol. The molecule has 3 rings (SSSR count). The molecule has 7 nitrogen and oxygen atoms in total. The van der Waals surface area contributed by atoms with Gasteiger partial charge in [-0.05, 0) is 48.4 Å². The predicted molar refractivity (Wildman–Crippen MR) is 92.0 cm³/mol. The van der Waals surface area contributed by atoms with Crippen molar-refractivity contribution in [2.75, 3.05) is 17.1 Å². The smallest absolute Gasteiger partial charge is 0.337 e. The zero-order valence-corrected chi connectivity index (χ0v) is 14.2. The minimum absolute atomic E-state index is 0.0825. The number of rotatable bonds is 4. The van der Waals surface area contributed by atoms with Gasteiger partial charge in [-0.25, -0.2) is 13.2 Å². The van der Waals surface area contributed by atoms with Gasteiger partial charge in [0.25, 0.3) is 10.0 Å². The van der Waals surface area contributed by atoms with Crippen LogP contribution in [0.4, 0.5) is 11.4 Å². The monoisotopic (exact) mass is 360 g/mol. The summed E-state index contributed by atoms with van der Waals surface area (Å²) < 4.78 is 32.2. The molecule has 1 heterocycles. The number of amides is 1. The van der Waals surface area contributed by atoms with Crippen molar-refractivity contribution in [1.82, 2.24) is 0 Å². The van der Waals surface area contributed by atoms with Gasteiger partial charge in [0.2, 0.25) is 5.91 Å². The summed E-state index contributed by atoms with van der Waals surface area (Å²) in [7, 11) is -2.57. The Morgan fingerprint density at radius 1 is 1.16 bits per heavy atom. The lowest BCUT2D eigenvalue weighted by molar-refractivity contribution is -0.116. The van der Waals surface area contributed by atoms with E-state index in [1.165, 1.54) is 25.3 Å². The Hall–Kier alpha value is -2.87. The maximum Gasteiger partial charge on any atom is 0.337 e. The largest absolute Gasteiger partial charge is 0.465 e. The average Bonchev–Trinajstić information content (AvgIpc) is 2.60. The molecular weight excluding hydrogens is 344 g/mol. The summed E-state index contributed by atoms with van der Waals surface area (Å²) in [5, 5.41) is 2.71. The highest BCUT2D eigenvalue weighted by molar-refractivity contribution is 7.92. The number of methoxy groups -OCH3 is 1. The number of hydrogen-bond acceptors (Lipinski definition) is 5. The molecule has 130 valence electrons. The molecule has 0 unspecified atom stereocenters. The molecule has 0 fully saturated rings. The topological polar surface area (TPSA) is 102 Å². The zero-order valence-electron chi connectivity index (χ0n) is 13.4. The number of ether oxygens (including phenoxy) is 1. The minimum Gasteiger partial charge on any atom is -0.465 e. The number of aryl methyl sites for hydroxylation is 1. The van der Waals surface area contributed by atoms with Crippen molar-refractivity contribution in [3.05, 3.63) is 53.6 Å². The van der Waals surface area contributed by atoms with Gasteiger partial charge in [-0.3, -0.25) is 9.52 Å². The van der Waals surface area contributed by atoms with Crippen molar-refractivity contribution in [1.29, 1.82) is 0 Å². The SMILES string of the molecule is COC(=O)c1cccc(NS(=O)(=O)c2ccc3c(c2)CCC(=O)N3)c1. The lowest BCUT2D eigenvalue weighted by Crippen LogP contribution is -2.20. The molecule has 0 atom stereocenters. The third-order valence-corrected chi connectivity index (χ3v) is 5.20. The van der Waals surface area contributed by atoms with Gasteiger partial charge >= 0.3 is 5.97 Å². The van der Waals surface area contributed by atoms with Crippen LogP contribution in [0.25, 0.3) is 0 Å². The first-order chi connectivity index (χ1) is 11.9. The van der Waals surface area contributed by atoms with Gasteiger partial charge in [0, 0.05) is 17.8 Å². The third-order valence-electron chi connectivity index (χ3n) is 3.82. The van der Waals surface area contributed by atoms with Gasteiger partial charge in [0.15, 0.2) is 0 Å². The highest BCUT2D eigenvalue weighted by atomic mass is 32.2. The molecule has 2 N–H and O–H groups in total. The van der Waals surface area contributed by atoms with Gasteiger partial charge in [-0.1, -0.05) is 6.07 Å². The molecule has 2 aromatic carbocycles. The van der Waals surface area contributed by atoms with Crippen LogP contribution in [-0.4, -0.2) is 27.4 Å². The van der Waals surface area contributed by atoms with E-state index in [1.54, 1.807) is 24.3 Å². The van der Waals surface area contributed by atoms with Crippen LogP contribution in [0.1, 0.15) is 22.3 Å². The van der Waals surface area contributed by atoms with E-state index < -0.39 is 16.0 Å². The van der Waals surface area contributed by atoms with E-state index in [4.69, 9.17) is 0 Å². The number of benzene rings is 2. The van der Waals surface area contributed by atoms with Gasteiger partial charge in [0.05, 0.1) is 17.6 Å². The second-order valence-corrected chi connectivity index (χ2v) is 7.23. The van der Waals surface area contributed by atoms with E-state index in [0.717, 1.165) is 5.56 Å². The van der Waals surface area contributed by atoms with E-state index in [1.807, 2.05) is 0 Å². The molecule has 0 spiro atoms. The number of carbonyl (C=O) groups excluding carboxylic acids is 2. The van der Waals surface area contributed by atoms with Crippen LogP contribution >= 0.6 is 0 Å². The Morgan fingerprint density at radius 3 is 2.72 bits per heavy atom. The molecule has 2 aromatic rings. The number of sulfonamides is 1. The molecule has 0 bridgehead atoms. The standard InChI is InChI=1S/C17H16N2O5S/c1-24-17(21)12-3-2-4-13(9-12)19-25(22,23)14-6-7-15-11(10-14)5-8-16(20)18-15/h2-4,6-7,9-10,19H,5,8H2,1H3,(H,18,20). The maximum atomic E-state index is 12.6.